The van der Waals surface area contributed by atoms with Gasteiger partial charge in [-0.2, -0.15) is 0 Å². The Labute approximate surface area is 66.6 Å². The van der Waals surface area contributed by atoms with Gasteiger partial charge >= 0.3 is 8.25 Å². The first-order chi connectivity index (χ1) is 5.27. The maximum absolute atomic E-state index is 9.33. The summed E-state index contributed by atoms with van der Waals surface area (Å²) >= 11 is 0. The van der Waals surface area contributed by atoms with Crippen LogP contribution in [0.1, 0.15) is 0 Å². The van der Waals surface area contributed by atoms with Gasteiger partial charge in [-0.05, 0) is 0 Å². The van der Waals surface area contributed by atoms with E-state index in [0.717, 1.165) is 0 Å². The van der Waals surface area contributed by atoms with Gasteiger partial charge in [0.05, 0.1) is 0 Å². The largest absolute Gasteiger partial charge is 0.326 e. The third-order valence-electron chi connectivity index (χ3n) is 0.841. The summed E-state index contributed by atoms with van der Waals surface area (Å²) in [5.41, 5.74) is 0. The van der Waals surface area contributed by atoms with Crippen molar-refractivity contribution in [2.24, 2.45) is 0 Å². The van der Waals surface area contributed by atoms with Crippen molar-refractivity contribution in [3.8, 4) is 0 Å². The summed E-state index contributed by atoms with van der Waals surface area (Å²) in [6.07, 6.45) is 0. The highest BCUT2D eigenvalue weighted by atomic mass is 31.1. The van der Waals surface area contributed by atoms with Crippen LogP contribution < -0.4 is 0 Å². The van der Waals surface area contributed by atoms with Gasteiger partial charge in [0.2, 0.25) is 0 Å². The molecule has 1 N–H and O–H groups in total. The number of hydrogen-bond acceptors (Lipinski definition) is 2. The van der Waals surface area contributed by atoms with Gasteiger partial charge in [-0.25, -0.2) is 0 Å². The summed E-state index contributed by atoms with van der Waals surface area (Å²) in [6, 6.07) is 12.0. The molecule has 4 heteroatoms. The van der Waals surface area contributed by atoms with Crippen molar-refractivity contribution in [2.45, 2.75) is 0 Å². The van der Waals surface area contributed by atoms with Crippen LogP contribution in [0.3, 0.4) is 0 Å². The molecule has 0 heterocycles. The van der Waals surface area contributed by atoms with E-state index < -0.39 is 8.25 Å². The Morgan fingerprint density at radius 1 is 1.09 bits per heavy atom. The van der Waals surface area contributed by atoms with Gasteiger partial charge in [0.25, 0.3) is 0 Å². The first-order valence-corrected chi connectivity index (χ1v) is 4.30. The Kier molecular flexibility index (Phi) is 7.05. The van der Waals surface area contributed by atoms with Crippen LogP contribution in [0.2, 0.25) is 0 Å². The molecule has 0 aliphatic carbocycles. The van der Waals surface area contributed by atoms with Crippen LogP contribution in [0, 0.1) is 0 Å². The summed E-state index contributed by atoms with van der Waals surface area (Å²) < 4.78 is 13.2. The highest BCUT2D eigenvalue weighted by Crippen LogP contribution is 2.09. The van der Waals surface area contributed by atoms with E-state index in [-0.39, 0.29) is 0 Å². The van der Waals surface area contributed by atoms with E-state index in [1.54, 1.807) is 0 Å². The molecule has 0 aliphatic rings. The van der Waals surface area contributed by atoms with E-state index in [1.807, 2.05) is 36.4 Å². The van der Waals surface area contributed by atoms with E-state index in [0.29, 0.717) is 0 Å². The zero-order valence-corrected chi connectivity index (χ0v) is 7.23. The van der Waals surface area contributed by atoms with Crippen molar-refractivity contribution in [1.82, 2.24) is 0 Å². The first kappa shape index (κ1) is 10.4. The molecule has 1 atom stereocenters. The number of rotatable bonds is 1. The maximum atomic E-state index is 9.33. The van der Waals surface area contributed by atoms with E-state index in [2.05, 4.69) is 4.52 Å². The highest BCUT2D eigenvalue weighted by Gasteiger charge is 1.74. The molecule has 0 radical (unpaired) electrons. The smallest absolute Gasteiger partial charge is 0.316 e. The first-order valence-electron chi connectivity index (χ1n) is 3.04. The second kappa shape index (κ2) is 7.48. The summed E-state index contributed by atoms with van der Waals surface area (Å²) in [5.74, 6) is 0. The lowest BCUT2D eigenvalue weighted by atomic mass is 10.4. The third kappa shape index (κ3) is 9.37. The van der Waals surface area contributed by atoms with Crippen LogP contribution >= 0.6 is 8.25 Å². The molecular formula is C7H11O3P. The van der Waals surface area contributed by atoms with Crippen molar-refractivity contribution in [3.05, 3.63) is 36.4 Å². The van der Waals surface area contributed by atoms with Gasteiger partial charge in [-0.3, -0.25) is 4.57 Å². The van der Waals surface area contributed by atoms with Crippen LogP contribution in [0.4, 0.5) is 0 Å². The Hall–Kier alpha value is -0.630. The molecule has 1 aromatic carbocycles. The fourth-order valence-corrected chi connectivity index (χ4v) is 0.385. The Morgan fingerprint density at radius 3 is 1.36 bits per heavy atom. The lowest BCUT2D eigenvalue weighted by molar-refractivity contribution is 0.343. The van der Waals surface area contributed by atoms with Crippen molar-refractivity contribution < 1.29 is 14.0 Å². The summed E-state index contributed by atoms with van der Waals surface area (Å²) in [6.45, 7) is 0. The maximum Gasteiger partial charge on any atom is 0.316 e. The van der Waals surface area contributed by atoms with E-state index in [4.69, 9.17) is 4.89 Å². The summed E-state index contributed by atoms with van der Waals surface area (Å²) in [5, 5.41) is 0. The van der Waals surface area contributed by atoms with Gasteiger partial charge in [-0.1, -0.05) is 36.4 Å². The third-order valence-corrected chi connectivity index (χ3v) is 1.19. The Morgan fingerprint density at radius 2 is 1.27 bits per heavy atom. The van der Waals surface area contributed by atoms with Crippen molar-refractivity contribution in [1.29, 1.82) is 0 Å². The fraction of sp³-hybridized carbons (Fsp3) is 0.143. The van der Waals surface area contributed by atoms with Crippen LogP contribution in [0.5, 0.6) is 0 Å². The Balaban J connectivity index is 0.000000187. The molecule has 0 saturated carbocycles. The minimum atomic E-state index is -2.62. The molecule has 0 amide bonds. The van der Waals surface area contributed by atoms with E-state index in [9.17, 15) is 4.57 Å². The van der Waals surface area contributed by atoms with Gasteiger partial charge in [0.1, 0.15) is 0 Å². The van der Waals surface area contributed by atoms with E-state index >= 15 is 0 Å². The average Bonchev–Trinajstić information content (AvgIpc) is 2.09. The van der Waals surface area contributed by atoms with Gasteiger partial charge in [0.15, 0.2) is 0 Å². The van der Waals surface area contributed by atoms with E-state index in [1.165, 1.54) is 7.11 Å². The minimum absolute atomic E-state index is 1.18. The highest BCUT2D eigenvalue weighted by molar-refractivity contribution is 7.32. The Bertz CT molecular complexity index is 161. The molecule has 0 aromatic heterocycles. The zero-order valence-electron chi connectivity index (χ0n) is 6.23. The molecule has 0 spiro atoms. The summed E-state index contributed by atoms with van der Waals surface area (Å²) in [7, 11) is -1.44. The summed E-state index contributed by atoms with van der Waals surface area (Å²) in [4.78, 5) is 7.69. The topological polar surface area (TPSA) is 46.5 Å². The van der Waals surface area contributed by atoms with Gasteiger partial charge in [-0.15, -0.1) is 0 Å². The van der Waals surface area contributed by atoms with Crippen molar-refractivity contribution >= 4 is 8.25 Å². The van der Waals surface area contributed by atoms with Crippen LogP contribution in [-0.4, -0.2) is 12.0 Å². The normalized spacial score (nSPS) is 11.1. The second-order valence-electron chi connectivity index (χ2n) is 1.62. The molecule has 0 saturated heterocycles. The molecule has 3 nitrogen and oxygen atoms in total. The predicted octanol–water partition coefficient (Wildman–Crippen LogP) is 1.70. The molecule has 0 bridgehead atoms. The zero-order chi connectivity index (χ0) is 8.53. The molecule has 1 unspecified atom stereocenters. The molecule has 0 fully saturated rings. The molecule has 1 rings (SSSR count). The van der Waals surface area contributed by atoms with Gasteiger partial charge in [0, 0.05) is 7.11 Å². The SMILES string of the molecule is CO[PH](=O)O.c1ccccc1. The van der Waals surface area contributed by atoms with Crippen LogP contribution in [-0.2, 0) is 9.09 Å². The molecular weight excluding hydrogens is 163 g/mol. The van der Waals surface area contributed by atoms with Crippen LogP contribution in [0.25, 0.3) is 0 Å². The quantitative estimate of drug-likeness (QED) is 0.659. The van der Waals surface area contributed by atoms with Crippen LogP contribution in [0.15, 0.2) is 36.4 Å². The number of hydrogen-bond donors (Lipinski definition) is 1. The number of benzene rings is 1. The standard InChI is InChI=1S/C6H6.CH5O3P/c1-2-4-6-5-3-1;1-4-5(2)3/h1-6H;5H,1H3,(H,2,3). The predicted molar refractivity (Wildman–Crippen MR) is 44.7 cm³/mol. The average molecular weight is 174 g/mol. The lowest BCUT2D eigenvalue weighted by Crippen LogP contribution is -1.57. The molecule has 1 aromatic rings. The fourth-order valence-electron chi connectivity index (χ4n) is 0.385. The van der Waals surface area contributed by atoms with Crippen molar-refractivity contribution in [2.75, 3.05) is 7.11 Å². The van der Waals surface area contributed by atoms with Crippen molar-refractivity contribution in [3.63, 3.8) is 0 Å². The minimum Gasteiger partial charge on any atom is -0.326 e. The molecule has 0 aliphatic heterocycles. The molecule has 11 heavy (non-hydrogen) atoms. The van der Waals surface area contributed by atoms with Gasteiger partial charge < -0.3 is 9.42 Å². The molecule has 62 valence electrons. The monoisotopic (exact) mass is 174 g/mol. The second-order valence-corrected chi connectivity index (χ2v) is 2.56. The lowest BCUT2D eigenvalue weighted by Gasteiger charge is -1.78.